The molecule has 1 aromatic carbocycles. The summed E-state index contributed by atoms with van der Waals surface area (Å²) in [6.45, 7) is 1.60. The Bertz CT molecular complexity index is 553. The maximum Gasteiger partial charge on any atom is 0.326 e. The first-order chi connectivity index (χ1) is 10.1. The number of carbonyl (C=O) groups excluding carboxylic acids is 3. The van der Waals surface area contributed by atoms with Crippen molar-refractivity contribution in [1.82, 2.24) is 5.32 Å². The molecule has 21 heavy (non-hydrogen) atoms. The van der Waals surface area contributed by atoms with E-state index in [4.69, 9.17) is 4.74 Å². The van der Waals surface area contributed by atoms with Crippen LogP contribution in [-0.4, -0.2) is 30.3 Å². The van der Waals surface area contributed by atoms with Crippen molar-refractivity contribution in [3.63, 3.8) is 0 Å². The fourth-order valence-corrected chi connectivity index (χ4v) is 2.35. The molecule has 1 amide bonds. The van der Waals surface area contributed by atoms with Crippen LogP contribution in [0.5, 0.6) is 0 Å². The summed E-state index contributed by atoms with van der Waals surface area (Å²) in [4.78, 5) is 35.2. The molecular weight excluding hydrogens is 270 g/mol. The number of ketones is 1. The van der Waals surface area contributed by atoms with E-state index in [0.717, 1.165) is 18.4 Å². The van der Waals surface area contributed by atoms with E-state index in [-0.39, 0.29) is 18.2 Å². The standard InChI is InChI=1S/C16H19NO4/c1-11-6-2-3-7-12(11)16(20)17-10-15(19)21-14-9-5-4-8-13(14)18/h2-3,6-7,14H,4-5,8-10H2,1H3,(H,17,20)/t14-/m1/s1. The monoisotopic (exact) mass is 289 g/mol. The summed E-state index contributed by atoms with van der Waals surface area (Å²) in [6, 6.07) is 7.13. The molecule has 0 bridgehead atoms. The first kappa shape index (κ1) is 15.2. The SMILES string of the molecule is Cc1ccccc1C(=O)NCC(=O)O[C@@H]1CCCCC1=O. The number of benzene rings is 1. The fourth-order valence-electron chi connectivity index (χ4n) is 2.35. The lowest BCUT2D eigenvalue weighted by atomic mass is 9.96. The Hall–Kier alpha value is -2.17. The van der Waals surface area contributed by atoms with E-state index >= 15 is 0 Å². The lowest BCUT2D eigenvalue weighted by Crippen LogP contribution is -2.36. The van der Waals surface area contributed by atoms with Crippen molar-refractivity contribution >= 4 is 17.7 Å². The summed E-state index contributed by atoms with van der Waals surface area (Å²) in [6.07, 6.45) is 2.15. The Labute approximate surface area is 123 Å². The minimum atomic E-state index is -0.637. The molecule has 0 heterocycles. The largest absolute Gasteiger partial charge is 0.453 e. The van der Waals surface area contributed by atoms with Crippen molar-refractivity contribution < 1.29 is 19.1 Å². The van der Waals surface area contributed by atoms with Gasteiger partial charge in [0, 0.05) is 12.0 Å². The number of amides is 1. The third-order valence-corrected chi connectivity index (χ3v) is 3.56. The van der Waals surface area contributed by atoms with Crippen molar-refractivity contribution in [1.29, 1.82) is 0 Å². The van der Waals surface area contributed by atoms with Gasteiger partial charge in [0.2, 0.25) is 0 Å². The Morgan fingerprint density at radius 2 is 2.05 bits per heavy atom. The van der Waals surface area contributed by atoms with E-state index in [1.807, 2.05) is 19.1 Å². The van der Waals surface area contributed by atoms with E-state index in [1.165, 1.54) is 0 Å². The third-order valence-electron chi connectivity index (χ3n) is 3.56. The molecule has 1 saturated carbocycles. The van der Waals surface area contributed by atoms with E-state index in [9.17, 15) is 14.4 Å². The Morgan fingerprint density at radius 1 is 1.29 bits per heavy atom. The van der Waals surface area contributed by atoms with Crippen LogP contribution in [0.4, 0.5) is 0 Å². The minimum absolute atomic E-state index is 0.0279. The summed E-state index contributed by atoms with van der Waals surface area (Å²) in [7, 11) is 0. The highest BCUT2D eigenvalue weighted by atomic mass is 16.5. The molecule has 0 aliphatic heterocycles. The number of rotatable bonds is 4. The molecule has 1 fully saturated rings. The zero-order valence-corrected chi connectivity index (χ0v) is 12.1. The van der Waals surface area contributed by atoms with E-state index in [0.29, 0.717) is 18.4 Å². The Balaban J connectivity index is 1.82. The minimum Gasteiger partial charge on any atom is -0.453 e. The molecule has 0 radical (unpaired) electrons. The first-order valence-corrected chi connectivity index (χ1v) is 7.14. The predicted octanol–water partition coefficient (Wildman–Crippen LogP) is 1.78. The Morgan fingerprint density at radius 3 is 2.76 bits per heavy atom. The number of nitrogens with one attached hydrogen (secondary N) is 1. The predicted molar refractivity (Wildman–Crippen MR) is 76.9 cm³/mol. The van der Waals surface area contributed by atoms with Gasteiger partial charge < -0.3 is 10.1 Å². The van der Waals surface area contributed by atoms with Crippen LogP contribution in [-0.2, 0) is 14.3 Å². The second-order valence-corrected chi connectivity index (χ2v) is 5.19. The molecule has 1 atom stereocenters. The second-order valence-electron chi connectivity index (χ2n) is 5.19. The van der Waals surface area contributed by atoms with Crippen LogP contribution >= 0.6 is 0 Å². The van der Waals surface area contributed by atoms with E-state index in [2.05, 4.69) is 5.32 Å². The first-order valence-electron chi connectivity index (χ1n) is 7.14. The van der Waals surface area contributed by atoms with Crippen molar-refractivity contribution in [2.45, 2.75) is 38.7 Å². The molecule has 0 spiro atoms. The zero-order valence-electron chi connectivity index (χ0n) is 12.1. The number of Topliss-reactive ketones (excluding diaryl/α,β-unsaturated/α-hetero) is 1. The fraction of sp³-hybridized carbons (Fsp3) is 0.438. The molecule has 1 aliphatic rings. The van der Waals surface area contributed by atoms with Gasteiger partial charge in [0.25, 0.3) is 5.91 Å². The van der Waals surface area contributed by atoms with Gasteiger partial charge in [-0.15, -0.1) is 0 Å². The van der Waals surface area contributed by atoms with Crippen LogP contribution in [0, 0.1) is 6.92 Å². The van der Waals surface area contributed by atoms with Crippen molar-refractivity contribution in [3.05, 3.63) is 35.4 Å². The van der Waals surface area contributed by atoms with Gasteiger partial charge in [0.05, 0.1) is 0 Å². The highest BCUT2D eigenvalue weighted by Gasteiger charge is 2.25. The van der Waals surface area contributed by atoms with Gasteiger partial charge in [-0.25, -0.2) is 0 Å². The normalized spacial score (nSPS) is 18.1. The van der Waals surface area contributed by atoms with Gasteiger partial charge in [0.15, 0.2) is 11.9 Å². The average Bonchev–Trinajstić information content (AvgIpc) is 2.48. The van der Waals surface area contributed by atoms with Crippen molar-refractivity contribution in [2.24, 2.45) is 0 Å². The number of aryl methyl sites for hydroxylation is 1. The molecule has 0 aromatic heterocycles. The van der Waals surface area contributed by atoms with E-state index in [1.54, 1.807) is 12.1 Å². The zero-order chi connectivity index (χ0) is 15.2. The molecule has 0 saturated heterocycles. The highest BCUT2D eigenvalue weighted by molar-refractivity contribution is 5.97. The molecule has 5 nitrogen and oxygen atoms in total. The van der Waals surface area contributed by atoms with Crippen LogP contribution in [0.2, 0.25) is 0 Å². The third kappa shape index (κ3) is 4.15. The van der Waals surface area contributed by atoms with Crippen molar-refractivity contribution in [2.75, 3.05) is 6.54 Å². The summed E-state index contributed by atoms with van der Waals surface area (Å²) < 4.78 is 5.12. The molecule has 2 rings (SSSR count). The molecule has 1 N–H and O–H groups in total. The quantitative estimate of drug-likeness (QED) is 0.858. The number of esters is 1. The maximum absolute atomic E-state index is 11.9. The van der Waals surface area contributed by atoms with Crippen LogP contribution in [0.3, 0.4) is 0 Å². The number of carbonyl (C=O) groups is 3. The molecule has 112 valence electrons. The maximum atomic E-state index is 11.9. The highest BCUT2D eigenvalue weighted by Crippen LogP contribution is 2.17. The number of hydrogen-bond acceptors (Lipinski definition) is 4. The topological polar surface area (TPSA) is 72.5 Å². The lowest BCUT2D eigenvalue weighted by molar-refractivity contribution is -0.155. The van der Waals surface area contributed by atoms with Crippen LogP contribution in [0.25, 0.3) is 0 Å². The van der Waals surface area contributed by atoms with Crippen molar-refractivity contribution in [3.8, 4) is 0 Å². The molecule has 1 aliphatic carbocycles. The summed E-state index contributed by atoms with van der Waals surface area (Å²) in [5.74, 6) is -0.919. The second kappa shape index (κ2) is 7.02. The van der Waals surface area contributed by atoms with Crippen LogP contribution in [0.1, 0.15) is 41.6 Å². The summed E-state index contributed by atoms with van der Waals surface area (Å²) >= 11 is 0. The van der Waals surface area contributed by atoms with Crippen LogP contribution < -0.4 is 5.32 Å². The smallest absolute Gasteiger partial charge is 0.326 e. The summed E-state index contributed by atoms with van der Waals surface area (Å²) in [5.41, 5.74) is 1.37. The van der Waals surface area contributed by atoms with Gasteiger partial charge >= 0.3 is 5.97 Å². The Kier molecular flexibility index (Phi) is 5.09. The molecular formula is C16H19NO4. The molecule has 0 unspecified atom stereocenters. The van der Waals surface area contributed by atoms with Gasteiger partial charge in [-0.3, -0.25) is 14.4 Å². The van der Waals surface area contributed by atoms with Crippen LogP contribution in [0.15, 0.2) is 24.3 Å². The molecule has 1 aromatic rings. The lowest BCUT2D eigenvalue weighted by Gasteiger charge is -2.20. The van der Waals surface area contributed by atoms with Gasteiger partial charge in [-0.2, -0.15) is 0 Å². The number of ether oxygens (including phenoxy) is 1. The van der Waals surface area contributed by atoms with Gasteiger partial charge in [-0.1, -0.05) is 18.2 Å². The van der Waals surface area contributed by atoms with Gasteiger partial charge in [0.1, 0.15) is 6.54 Å². The van der Waals surface area contributed by atoms with E-state index < -0.39 is 12.1 Å². The van der Waals surface area contributed by atoms with Gasteiger partial charge in [-0.05, 0) is 37.8 Å². The molecule has 5 heteroatoms. The number of hydrogen-bond donors (Lipinski definition) is 1. The summed E-state index contributed by atoms with van der Waals surface area (Å²) in [5, 5.41) is 2.52. The average molecular weight is 289 g/mol.